The lowest BCUT2D eigenvalue weighted by Crippen LogP contribution is -2.24. The molecule has 0 saturated carbocycles. The Balaban J connectivity index is 2.21. The van der Waals surface area contributed by atoms with Crippen LogP contribution in [0, 0.1) is 6.92 Å². The number of rotatable bonds is 7. The van der Waals surface area contributed by atoms with Gasteiger partial charge in [0.25, 0.3) is 0 Å². The van der Waals surface area contributed by atoms with Crippen molar-refractivity contribution in [1.29, 1.82) is 0 Å². The number of hydrogen-bond acceptors (Lipinski definition) is 3. The highest BCUT2D eigenvalue weighted by atomic mass is 79.9. The maximum Gasteiger partial charge on any atom is 0.133 e. The van der Waals surface area contributed by atoms with Gasteiger partial charge in [0.15, 0.2) is 0 Å². The molecule has 16 heavy (non-hydrogen) atoms. The Morgan fingerprint density at radius 1 is 1.38 bits per heavy atom. The van der Waals surface area contributed by atoms with E-state index in [0.29, 0.717) is 6.54 Å². The lowest BCUT2D eigenvalue weighted by molar-refractivity contribution is 0.306. The average Bonchev–Trinajstić information content (AvgIpc) is 2.26. The summed E-state index contributed by atoms with van der Waals surface area (Å²) in [5.41, 5.74) is 6.59. The minimum Gasteiger partial charge on any atom is -0.492 e. The second kappa shape index (κ2) is 7.65. The molecule has 1 aromatic carbocycles. The first-order valence-corrected chi connectivity index (χ1v) is 6.33. The van der Waals surface area contributed by atoms with E-state index in [1.165, 1.54) is 5.56 Å². The van der Waals surface area contributed by atoms with Gasteiger partial charge in [-0.05, 0) is 53.5 Å². The molecule has 0 heterocycles. The summed E-state index contributed by atoms with van der Waals surface area (Å²) in [7, 11) is 0. The molecule has 3 N–H and O–H groups in total. The Morgan fingerprint density at radius 3 is 2.88 bits per heavy atom. The standard InChI is InChI=1S/C12H19BrN2O/c1-10-3-4-12(11(13)9-10)16-8-2-6-15-7-5-14/h3-4,9,15H,2,5-8,14H2,1H3. The second-order valence-electron chi connectivity index (χ2n) is 3.67. The van der Waals surface area contributed by atoms with Gasteiger partial charge < -0.3 is 15.8 Å². The highest BCUT2D eigenvalue weighted by Crippen LogP contribution is 2.25. The second-order valence-corrected chi connectivity index (χ2v) is 4.53. The number of nitrogens with two attached hydrogens (primary N) is 1. The van der Waals surface area contributed by atoms with Crippen LogP contribution in [0.1, 0.15) is 12.0 Å². The van der Waals surface area contributed by atoms with Crippen LogP contribution >= 0.6 is 15.9 Å². The van der Waals surface area contributed by atoms with E-state index in [0.717, 1.165) is 36.3 Å². The van der Waals surface area contributed by atoms with E-state index in [-0.39, 0.29) is 0 Å². The first-order valence-electron chi connectivity index (χ1n) is 5.54. The number of nitrogens with one attached hydrogen (secondary N) is 1. The summed E-state index contributed by atoms with van der Waals surface area (Å²) in [4.78, 5) is 0. The number of hydrogen-bond donors (Lipinski definition) is 2. The zero-order chi connectivity index (χ0) is 11.8. The van der Waals surface area contributed by atoms with Crippen molar-refractivity contribution in [1.82, 2.24) is 5.32 Å². The molecule has 0 saturated heterocycles. The molecule has 0 aromatic heterocycles. The predicted octanol–water partition coefficient (Wildman–Crippen LogP) is 2.07. The van der Waals surface area contributed by atoms with Crippen molar-refractivity contribution in [2.75, 3.05) is 26.2 Å². The van der Waals surface area contributed by atoms with Gasteiger partial charge in [-0.25, -0.2) is 0 Å². The van der Waals surface area contributed by atoms with E-state index >= 15 is 0 Å². The summed E-state index contributed by atoms with van der Waals surface area (Å²) in [6, 6.07) is 6.10. The summed E-state index contributed by atoms with van der Waals surface area (Å²) in [5, 5.41) is 3.23. The molecule has 1 rings (SSSR count). The van der Waals surface area contributed by atoms with Crippen molar-refractivity contribution in [3.8, 4) is 5.75 Å². The Labute approximate surface area is 105 Å². The molecule has 0 amide bonds. The topological polar surface area (TPSA) is 47.3 Å². The van der Waals surface area contributed by atoms with Gasteiger partial charge in [0.05, 0.1) is 11.1 Å². The van der Waals surface area contributed by atoms with Crippen LogP contribution in [-0.2, 0) is 0 Å². The SMILES string of the molecule is Cc1ccc(OCCCNCCN)c(Br)c1. The number of aryl methyl sites for hydroxylation is 1. The molecule has 90 valence electrons. The third kappa shape index (κ3) is 4.96. The minimum absolute atomic E-state index is 0.685. The van der Waals surface area contributed by atoms with Crippen LogP contribution in [0.25, 0.3) is 0 Å². The zero-order valence-corrected chi connectivity index (χ0v) is 11.2. The van der Waals surface area contributed by atoms with Crippen LogP contribution in [0.15, 0.2) is 22.7 Å². The van der Waals surface area contributed by atoms with E-state index in [1.807, 2.05) is 12.1 Å². The molecule has 1 aromatic rings. The third-order valence-corrected chi connectivity index (χ3v) is 2.78. The Morgan fingerprint density at radius 2 is 2.19 bits per heavy atom. The molecule has 0 radical (unpaired) electrons. The zero-order valence-electron chi connectivity index (χ0n) is 9.63. The molecule has 0 unspecified atom stereocenters. The highest BCUT2D eigenvalue weighted by Gasteiger charge is 2.00. The molecule has 4 heteroatoms. The fourth-order valence-electron chi connectivity index (χ4n) is 1.33. The van der Waals surface area contributed by atoms with Crippen LogP contribution in [-0.4, -0.2) is 26.2 Å². The van der Waals surface area contributed by atoms with Crippen LogP contribution < -0.4 is 15.8 Å². The van der Waals surface area contributed by atoms with Crippen molar-refractivity contribution >= 4 is 15.9 Å². The molecule has 3 nitrogen and oxygen atoms in total. The Kier molecular flexibility index (Phi) is 6.45. The van der Waals surface area contributed by atoms with E-state index in [9.17, 15) is 0 Å². The fourth-order valence-corrected chi connectivity index (χ4v) is 1.94. The fraction of sp³-hybridized carbons (Fsp3) is 0.500. The van der Waals surface area contributed by atoms with E-state index in [1.54, 1.807) is 0 Å². The lowest BCUT2D eigenvalue weighted by atomic mass is 10.2. The van der Waals surface area contributed by atoms with Crippen molar-refractivity contribution in [3.63, 3.8) is 0 Å². The molecular formula is C12H19BrN2O. The maximum absolute atomic E-state index is 5.65. The van der Waals surface area contributed by atoms with E-state index in [2.05, 4.69) is 34.2 Å². The summed E-state index contributed by atoms with van der Waals surface area (Å²) in [6.45, 7) is 5.28. The van der Waals surface area contributed by atoms with E-state index < -0.39 is 0 Å². The molecule has 0 atom stereocenters. The molecule has 0 bridgehead atoms. The first-order chi connectivity index (χ1) is 7.74. The van der Waals surface area contributed by atoms with E-state index in [4.69, 9.17) is 10.5 Å². The van der Waals surface area contributed by atoms with Crippen LogP contribution in [0.2, 0.25) is 0 Å². The van der Waals surface area contributed by atoms with Gasteiger partial charge >= 0.3 is 0 Å². The van der Waals surface area contributed by atoms with Gasteiger partial charge in [0.2, 0.25) is 0 Å². The van der Waals surface area contributed by atoms with Gasteiger partial charge in [-0.2, -0.15) is 0 Å². The molecule has 0 fully saturated rings. The van der Waals surface area contributed by atoms with Gasteiger partial charge in [-0.1, -0.05) is 6.07 Å². The quantitative estimate of drug-likeness (QED) is 0.755. The van der Waals surface area contributed by atoms with Gasteiger partial charge in [-0.3, -0.25) is 0 Å². The minimum atomic E-state index is 0.685. The van der Waals surface area contributed by atoms with Crippen molar-refractivity contribution < 1.29 is 4.74 Å². The van der Waals surface area contributed by atoms with Gasteiger partial charge in [0.1, 0.15) is 5.75 Å². The summed E-state index contributed by atoms with van der Waals surface area (Å²) in [6.07, 6.45) is 0.986. The molecule has 0 aliphatic rings. The Bertz CT molecular complexity index is 318. The van der Waals surface area contributed by atoms with Crippen molar-refractivity contribution in [3.05, 3.63) is 28.2 Å². The monoisotopic (exact) mass is 286 g/mol. The summed E-state index contributed by atoms with van der Waals surface area (Å²) < 4.78 is 6.67. The largest absolute Gasteiger partial charge is 0.492 e. The van der Waals surface area contributed by atoms with Crippen molar-refractivity contribution in [2.24, 2.45) is 5.73 Å². The average molecular weight is 287 g/mol. The molecule has 0 spiro atoms. The smallest absolute Gasteiger partial charge is 0.133 e. The van der Waals surface area contributed by atoms with Gasteiger partial charge in [0, 0.05) is 13.1 Å². The van der Waals surface area contributed by atoms with Crippen LogP contribution in [0.3, 0.4) is 0 Å². The van der Waals surface area contributed by atoms with Gasteiger partial charge in [-0.15, -0.1) is 0 Å². The normalized spacial score (nSPS) is 10.4. The molecule has 0 aliphatic carbocycles. The van der Waals surface area contributed by atoms with Crippen LogP contribution in [0.4, 0.5) is 0 Å². The highest BCUT2D eigenvalue weighted by molar-refractivity contribution is 9.10. The van der Waals surface area contributed by atoms with Crippen LogP contribution in [0.5, 0.6) is 5.75 Å². The maximum atomic E-state index is 5.65. The summed E-state index contributed by atoms with van der Waals surface area (Å²) in [5.74, 6) is 0.907. The number of ether oxygens (including phenoxy) is 1. The molecular weight excluding hydrogens is 268 g/mol. The summed E-state index contributed by atoms with van der Waals surface area (Å²) >= 11 is 3.48. The predicted molar refractivity (Wildman–Crippen MR) is 70.9 cm³/mol. The third-order valence-electron chi connectivity index (χ3n) is 2.16. The number of benzene rings is 1. The molecule has 0 aliphatic heterocycles. The Hall–Kier alpha value is -0.580. The van der Waals surface area contributed by atoms with Crippen molar-refractivity contribution in [2.45, 2.75) is 13.3 Å². The first kappa shape index (κ1) is 13.5. The lowest BCUT2D eigenvalue weighted by Gasteiger charge is -2.09. The number of halogens is 1.